The lowest BCUT2D eigenvalue weighted by Gasteiger charge is -2.45. The zero-order chi connectivity index (χ0) is 12.9. The summed E-state index contributed by atoms with van der Waals surface area (Å²) in [6.45, 7) is 5.18. The first-order valence-corrected chi connectivity index (χ1v) is 6.13. The van der Waals surface area contributed by atoms with Crippen molar-refractivity contribution in [2.45, 2.75) is 19.1 Å². The van der Waals surface area contributed by atoms with Gasteiger partial charge in [-0.3, -0.25) is 4.90 Å². The third-order valence-corrected chi connectivity index (χ3v) is 3.87. The molecule has 2 aliphatic heterocycles. The van der Waals surface area contributed by atoms with Gasteiger partial charge in [0.2, 0.25) is 0 Å². The van der Waals surface area contributed by atoms with Gasteiger partial charge in [-0.25, -0.2) is 9.78 Å². The first-order valence-electron chi connectivity index (χ1n) is 6.13. The fourth-order valence-corrected chi connectivity index (χ4v) is 2.76. The van der Waals surface area contributed by atoms with E-state index in [1.165, 1.54) is 5.69 Å². The molecule has 1 aromatic heterocycles. The summed E-state index contributed by atoms with van der Waals surface area (Å²) in [5.74, 6) is 1.02. The Bertz CT molecular complexity index is 490. The molecule has 1 amide bonds. The maximum Gasteiger partial charge on any atom is 0.410 e. The fourth-order valence-electron chi connectivity index (χ4n) is 2.76. The van der Waals surface area contributed by atoms with Gasteiger partial charge in [0.25, 0.3) is 0 Å². The van der Waals surface area contributed by atoms with Gasteiger partial charge in [0.1, 0.15) is 5.82 Å². The minimum atomic E-state index is -0.264. The standard InChI is InChI=1S/C12H18N4O2/c1-9-13-4-10(15(9)3)5-16-7-12(8-16)6-14(2)11(17)18-12/h4H,5-8H2,1-3H3. The van der Waals surface area contributed by atoms with Gasteiger partial charge in [-0.05, 0) is 6.92 Å². The normalized spacial score (nSPS) is 22.4. The number of hydrogen-bond acceptors (Lipinski definition) is 4. The number of imidazole rings is 1. The maximum atomic E-state index is 11.4. The Kier molecular flexibility index (Phi) is 2.38. The molecule has 2 saturated heterocycles. The van der Waals surface area contributed by atoms with Crippen molar-refractivity contribution in [1.29, 1.82) is 0 Å². The van der Waals surface area contributed by atoms with Crippen LogP contribution in [0.4, 0.5) is 4.79 Å². The second-order valence-electron chi connectivity index (χ2n) is 5.41. The van der Waals surface area contributed by atoms with Gasteiger partial charge in [-0.2, -0.15) is 0 Å². The fraction of sp³-hybridized carbons (Fsp3) is 0.667. The van der Waals surface area contributed by atoms with Crippen LogP contribution in [0.25, 0.3) is 0 Å². The van der Waals surface area contributed by atoms with Crippen molar-refractivity contribution in [3.05, 3.63) is 17.7 Å². The smallest absolute Gasteiger partial charge is 0.410 e. The summed E-state index contributed by atoms with van der Waals surface area (Å²) in [7, 11) is 3.81. The third kappa shape index (κ3) is 1.68. The summed E-state index contributed by atoms with van der Waals surface area (Å²) < 4.78 is 7.52. The molecular weight excluding hydrogens is 232 g/mol. The van der Waals surface area contributed by atoms with E-state index in [-0.39, 0.29) is 11.7 Å². The Balaban J connectivity index is 1.60. The molecular formula is C12H18N4O2. The molecule has 0 radical (unpaired) electrons. The van der Waals surface area contributed by atoms with Crippen molar-refractivity contribution in [1.82, 2.24) is 19.4 Å². The highest BCUT2D eigenvalue weighted by molar-refractivity contribution is 5.70. The van der Waals surface area contributed by atoms with Gasteiger partial charge >= 0.3 is 6.09 Å². The van der Waals surface area contributed by atoms with Crippen LogP contribution in [0.2, 0.25) is 0 Å². The van der Waals surface area contributed by atoms with Crippen LogP contribution in [0, 0.1) is 6.92 Å². The molecule has 2 fully saturated rings. The molecule has 0 aromatic carbocycles. The van der Waals surface area contributed by atoms with E-state index in [1.54, 1.807) is 11.9 Å². The average molecular weight is 250 g/mol. The molecule has 98 valence electrons. The van der Waals surface area contributed by atoms with Gasteiger partial charge in [0, 0.05) is 39.9 Å². The molecule has 3 rings (SSSR count). The number of likely N-dealkylation sites (N-methyl/N-ethyl adjacent to an activating group) is 1. The molecule has 0 aliphatic carbocycles. The van der Waals surface area contributed by atoms with Crippen molar-refractivity contribution in [3.8, 4) is 0 Å². The highest BCUT2D eigenvalue weighted by atomic mass is 16.6. The Morgan fingerprint density at radius 1 is 1.39 bits per heavy atom. The second kappa shape index (κ2) is 3.71. The number of aromatic nitrogens is 2. The monoisotopic (exact) mass is 250 g/mol. The van der Waals surface area contributed by atoms with Crippen molar-refractivity contribution < 1.29 is 9.53 Å². The predicted octanol–water partition coefficient (Wildman–Crippen LogP) is 0.365. The lowest BCUT2D eigenvalue weighted by molar-refractivity contribution is -0.0780. The van der Waals surface area contributed by atoms with Crippen molar-refractivity contribution in [2.75, 3.05) is 26.7 Å². The SMILES string of the molecule is Cc1ncc(CN2CC3(C2)CN(C)C(=O)O3)n1C. The van der Waals surface area contributed by atoms with Gasteiger partial charge in [0.15, 0.2) is 5.60 Å². The Labute approximate surface area is 106 Å². The average Bonchev–Trinajstić information content (AvgIpc) is 2.73. The van der Waals surface area contributed by atoms with Crippen LogP contribution in [0.1, 0.15) is 11.5 Å². The van der Waals surface area contributed by atoms with E-state index in [4.69, 9.17) is 4.74 Å². The zero-order valence-electron chi connectivity index (χ0n) is 11.0. The third-order valence-electron chi connectivity index (χ3n) is 3.87. The molecule has 18 heavy (non-hydrogen) atoms. The van der Waals surface area contributed by atoms with Gasteiger partial charge in [0.05, 0.1) is 12.2 Å². The number of amides is 1. The van der Waals surface area contributed by atoms with E-state index in [1.807, 2.05) is 20.2 Å². The quantitative estimate of drug-likeness (QED) is 0.760. The van der Waals surface area contributed by atoms with E-state index in [0.717, 1.165) is 25.5 Å². The van der Waals surface area contributed by atoms with E-state index < -0.39 is 0 Å². The summed E-state index contributed by atoms with van der Waals surface area (Å²) in [5.41, 5.74) is 0.930. The summed E-state index contributed by atoms with van der Waals surface area (Å²) in [5, 5.41) is 0. The molecule has 1 aromatic rings. The van der Waals surface area contributed by atoms with Gasteiger partial charge < -0.3 is 14.2 Å². The number of aryl methyl sites for hydroxylation is 1. The van der Waals surface area contributed by atoms with E-state index in [9.17, 15) is 4.79 Å². The molecule has 0 N–H and O–H groups in total. The van der Waals surface area contributed by atoms with Gasteiger partial charge in [-0.1, -0.05) is 0 Å². The van der Waals surface area contributed by atoms with Crippen LogP contribution in [0.15, 0.2) is 6.20 Å². The summed E-state index contributed by atoms with van der Waals surface area (Å²) in [4.78, 5) is 19.6. The number of nitrogens with zero attached hydrogens (tertiary/aromatic N) is 4. The summed E-state index contributed by atoms with van der Waals surface area (Å²) >= 11 is 0. The number of hydrogen-bond donors (Lipinski definition) is 0. The minimum absolute atomic E-state index is 0.203. The lowest BCUT2D eigenvalue weighted by Crippen LogP contribution is -2.63. The highest BCUT2D eigenvalue weighted by Gasteiger charge is 2.52. The van der Waals surface area contributed by atoms with Crippen LogP contribution in [-0.2, 0) is 18.3 Å². The van der Waals surface area contributed by atoms with E-state index >= 15 is 0 Å². The minimum Gasteiger partial charge on any atom is -0.438 e. The Hall–Kier alpha value is -1.56. The molecule has 6 heteroatoms. The Morgan fingerprint density at radius 2 is 2.11 bits per heavy atom. The lowest BCUT2D eigenvalue weighted by atomic mass is 9.94. The maximum absolute atomic E-state index is 11.4. The number of likely N-dealkylation sites (tertiary alicyclic amines) is 1. The number of ether oxygens (including phenoxy) is 1. The van der Waals surface area contributed by atoms with Crippen molar-refractivity contribution in [3.63, 3.8) is 0 Å². The van der Waals surface area contributed by atoms with Crippen LogP contribution < -0.4 is 0 Å². The molecule has 0 saturated carbocycles. The molecule has 0 atom stereocenters. The predicted molar refractivity (Wildman–Crippen MR) is 65.1 cm³/mol. The van der Waals surface area contributed by atoms with Crippen molar-refractivity contribution in [2.24, 2.45) is 7.05 Å². The van der Waals surface area contributed by atoms with E-state index in [0.29, 0.717) is 6.54 Å². The number of carbonyl (C=O) groups excluding carboxylic acids is 1. The number of rotatable bonds is 2. The second-order valence-corrected chi connectivity index (χ2v) is 5.41. The molecule has 3 heterocycles. The molecule has 0 unspecified atom stereocenters. The molecule has 6 nitrogen and oxygen atoms in total. The first-order chi connectivity index (χ1) is 8.49. The topological polar surface area (TPSA) is 50.6 Å². The highest BCUT2D eigenvalue weighted by Crippen LogP contribution is 2.32. The Morgan fingerprint density at radius 3 is 2.61 bits per heavy atom. The van der Waals surface area contributed by atoms with Crippen molar-refractivity contribution >= 4 is 6.09 Å². The van der Waals surface area contributed by atoms with Crippen LogP contribution >= 0.6 is 0 Å². The molecule has 0 bridgehead atoms. The van der Waals surface area contributed by atoms with Crippen LogP contribution in [0.5, 0.6) is 0 Å². The molecule has 1 spiro atoms. The summed E-state index contributed by atoms with van der Waals surface area (Å²) in [6.07, 6.45) is 1.71. The molecule has 2 aliphatic rings. The van der Waals surface area contributed by atoms with E-state index in [2.05, 4.69) is 14.5 Å². The number of carbonyl (C=O) groups is 1. The first kappa shape index (κ1) is 11.5. The van der Waals surface area contributed by atoms with Gasteiger partial charge in [-0.15, -0.1) is 0 Å². The van der Waals surface area contributed by atoms with Crippen LogP contribution in [-0.4, -0.2) is 57.7 Å². The van der Waals surface area contributed by atoms with Crippen LogP contribution in [0.3, 0.4) is 0 Å². The summed E-state index contributed by atoms with van der Waals surface area (Å²) in [6, 6.07) is 0. The zero-order valence-corrected chi connectivity index (χ0v) is 11.0. The largest absolute Gasteiger partial charge is 0.438 e.